The fourth-order valence-corrected chi connectivity index (χ4v) is 1.14. The Hall–Kier alpha value is -1.77. The first-order valence-corrected chi connectivity index (χ1v) is 4.80. The Bertz CT molecular complexity index is 352. The maximum absolute atomic E-state index is 11.0. The van der Waals surface area contributed by atoms with Crippen LogP contribution >= 0.6 is 0 Å². The van der Waals surface area contributed by atoms with Crippen LogP contribution < -0.4 is 10.2 Å². The van der Waals surface area contributed by atoms with Crippen molar-refractivity contribution in [2.75, 3.05) is 26.0 Å². The van der Waals surface area contributed by atoms with Crippen molar-refractivity contribution in [3.8, 4) is 0 Å². The van der Waals surface area contributed by atoms with Crippen molar-refractivity contribution in [2.45, 2.75) is 0 Å². The molecule has 1 rings (SSSR count). The second kappa shape index (κ2) is 5.20. The van der Waals surface area contributed by atoms with E-state index in [1.54, 1.807) is 13.1 Å². The van der Waals surface area contributed by atoms with Gasteiger partial charge in [0.1, 0.15) is 0 Å². The molecular weight excluding hydrogens is 188 g/mol. The molecule has 0 spiro atoms. The number of amides is 1. The van der Waals surface area contributed by atoms with Crippen molar-refractivity contribution in [3.05, 3.63) is 35.9 Å². The van der Waals surface area contributed by atoms with Crippen LogP contribution in [0.1, 0.15) is 5.56 Å². The van der Waals surface area contributed by atoms with Crippen LogP contribution in [0.4, 0.5) is 5.69 Å². The molecule has 3 heteroatoms. The van der Waals surface area contributed by atoms with E-state index in [0.717, 1.165) is 11.3 Å². The van der Waals surface area contributed by atoms with Crippen LogP contribution in [0, 0.1) is 0 Å². The topological polar surface area (TPSA) is 32.3 Å². The molecule has 0 heterocycles. The van der Waals surface area contributed by atoms with Gasteiger partial charge in [-0.3, -0.25) is 4.79 Å². The van der Waals surface area contributed by atoms with Crippen molar-refractivity contribution in [1.82, 2.24) is 5.32 Å². The fraction of sp³-hybridized carbons (Fsp3) is 0.250. The zero-order valence-electron chi connectivity index (χ0n) is 9.32. The zero-order chi connectivity index (χ0) is 11.3. The number of benzene rings is 1. The van der Waals surface area contributed by atoms with Crippen LogP contribution in [0.15, 0.2) is 30.3 Å². The van der Waals surface area contributed by atoms with Crippen LogP contribution in [0.5, 0.6) is 0 Å². The molecule has 0 saturated heterocycles. The third-order valence-corrected chi connectivity index (χ3v) is 2.08. The van der Waals surface area contributed by atoms with Gasteiger partial charge in [0.25, 0.3) is 0 Å². The summed E-state index contributed by atoms with van der Waals surface area (Å²) in [5.74, 6) is -0.0910. The van der Waals surface area contributed by atoms with Gasteiger partial charge >= 0.3 is 0 Å². The molecule has 0 radical (unpaired) electrons. The van der Waals surface area contributed by atoms with Gasteiger partial charge in [-0.1, -0.05) is 12.1 Å². The van der Waals surface area contributed by atoms with Crippen LogP contribution in [-0.4, -0.2) is 27.1 Å². The van der Waals surface area contributed by atoms with Crippen LogP contribution in [0.2, 0.25) is 0 Å². The van der Waals surface area contributed by atoms with E-state index in [4.69, 9.17) is 0 Å². The minimum atomic E-state index is -0.0910. The Morgan fingerprint density at radius 2 is 1.87 bits per heavy atom. The third kappa shape index (κ3) is 3.46. The second-order valence-corrected chi connectivity index (χ2v) is 3.43. The first-order chi connectivity index (χ1) is 7.13. The van der Waals surface area contributed by atoms with Gasteiger partial charge < -0.3 is 10.2 Å². The molecule has 1 aromatic carbocycles. The van der Waals surface area contributed by atoms with Crippen LogP contribution in [0.3, 0.4) is 0 Å². The highest BCUT2D eigenvalue weighted by atomic mass is 16.1. The minimum Gasteiger partial charge on any atom is -0.378 e. The lowest BCUT2D eigenvalue weighted by Crippen LogP contribution is -2.13. The predicted octanol–water partition coefficient (Wildman–Crippen LogP) is 1.51. The Kier molecular flexibility index (Phi) is 3.92. The number of likely N-dealkylation sites (N-methyl/N-ethyl adjacent to an activating group) is 1. The second-order valence-electron chi connectivity index (χ2n) is 3.43. The molecule has 0 atom stereocenters. The van der Waals surface area contributed by atoms with E-state index in [-0.39, 0.29) is 5.91 Å². The molecule has 0 unspecified atom stereocenters. The number of rotatable bonds is 3. The summed E-state index contributed by atoms with van der Waals surface area (Å²) in [5, 5.41) is 2.53. The number of carbonyl (C=O) groups is 1. The number of hydrogen-bond donors (Lipinski definition) is 1. The zero-order valence-corrected chi connectivity index (χ0v) is 9.32. The Morgan fingerprint density at radius 1 is 1.27 bits per heavy atom. The lowest BCUT2D eigenvalue weighted by atomic mass is 10.2. The lowest BCUT2D eigenvalue weighted by molar-refractivity contribution is -0.115. The van der Waals surface area contributed by atoms with Gasteiger partial charge in [-0.05, 0) is 23.8 Å². The molecule has 0 saturated carbocycles. The fourth-order valence-electron chi connectivity index (χ4n) is 1.14. The summed E-state index contributed by atoms with van der Waals surface area (Å²) < 4.78 is 0. The SMILES string of the molecule is CNC(=O)C=Cc1ccc(N(C)C)cc1. The Labute approximate surface area is 90.4 Å². The Morgan fingerprint density at radius 3 is 2.33 bits per heavy atom. The van der Waals surface area contributed by atoms with Crippen LogP contribution in [0.25, 0.3) is 6.08 Å². The average Bonchev–Trinajstić information content (AvgIpc) is 2.26. The van der Waals surface area contributed by atoms with E-state index in [2.05, 4.69) is 5.32 Å². The summed E-state index contributed by atoms with van der Waals surface area (Å²) in [7, 11) is 5.60. The van der Waals surface area contributed by atoms with Crippen molar-refractivity contribution in [1.29, 1.82) is 0 Å². The largest absolute Gasteiger partial charge is 0.378 e. The van der Waals surface area contributed by atoms with E-state index in [1.165, 1.54) is 6.08 Å². The molecule has 15 heavy (non-hydrogen) atoms. The number of anilines is 1. The first kappa shape index (κ1) is 11.3. The average molecular weight is 204 g/mol. The quantitative estimate of drug-likeness (QED) is 0.757. The van der Waals surface area contributed by atoms with Gasteiger partial charge in [-0.15, -0.1) is 0 Å². The molecule has 0 aliphatic heterocycles. The highest BCUT2D eigenvalue weighted by Gasteiger charge is 1.94. The predicted molar refractivity (Wildman–Crippen MR) is 63.9 cm³/mol. The number of nitrogens with one attached hydrogen (secondary N) is 1. The molecule has 0 aliphatic rings. The number of hydrogen-bond acceptors (Lipinski definition) is 2. The van der Waals surface area contributed by atoms with Crippen molar-refractivity contribution >= 4 is 17.7 Å². The minimum absolute atomic E-state index is 0.0910. The van der Waals surface area contributed by atoms with Crippen LogP contribution in [-0.2, 0) is 4.79 Å². The molecular formula is C12H16N2O. The van der Waals surface area contributed by atoms with E-state index < -0.39 is 0 Å². The summed E-state index contributed by atoms with van der Waals surface area (Å²) >= 11 is 0. The van der Waals surface area contributed by atoms with Gasteiger partial charge in [0.15, 0.2) is 0 Å². The van der Waals surface area contributed by atoms with Crippen molar-refractivity contribution in [2.24, 2.45) is 0 Å². The first-order valence-electron chi connectivity index (χ1n) is 4.80. The van der Waals surface area contributed by atoms with Crippen molar-refractivity contribution < 1.29 is 4.79 Å². The van der Waals surface area contributed by atoms with E-state index in [0.29, 0.717) is 0 Å². The standard InChI is InChI=1S/C12H16N2O/c1-13-12(15)9-6-10-4-7-11(8-5-10)14(2)3/h4-9H,1-3H3,(H,13,15). The molecule has 1 N–H and O–H groups in total. The molecule has 0 aromatic heterocycles. The molecule has 1 aromatic rings. The normalized spacial score (nSPS) is 10.3. The van der Waals surface area contributed by atoms with Gasteiger partial charge in [0, 0.05) is 32.9 Å². The molecule has 0 fully saturated rings. The van der Waals surface area contributed by atoms with Crippen molar-refractivity contribution in [3.63, 3.8) is 0 Å². The lowest BCUT2D eigenvalue weighted by Gasteiger charge is -2.11. The monoisotopic (exact) mass is 204 g/mol. The van der Waals surface area contributed by atoms with E-state index in [9.17, 15) is 4.79 Å². The highest BCUT2D eigenvalue weighted by Crippen LogP contribution is 2.12. The van der Waals surface area contributed by atoms with Gasteiger partial charge in [-0.25, -0.2) is 0 Å². The maximum Gasteiger partial charge on any atom is 0.243 e. The summed E-state index contributed by atoms with van der Waals surface area (Å²) in [6.45, 7) is 0. The van der Waals surface area contributed by atoms with Gasteiger partial charge in [0.2, 0.25) is 5.91 Å². The number of carbonyl (C=O) groups excluding carboxylic acids is 1. The van der Waals surface area contributed by atoms with E-state index in [1.807, 2.05) is 43.3 Å². The smallest absolute Gasteiger partial charge is 0.243 e. The molecule has 0 aliphatic carbocycles. The molecule has 80 valence electrons. The molecule has 0 bridgehead atoms. The Balaban J connectivity index is 2.72. The summed E-state index contributed by atoms with van der Waals surface area (Å²) in [6.07, 6.45) is 3.31. The summed E-state index contributed by atoms with van der Waals surface area (Å²) in [4.78, 5) is 13.0. The van der Waals surface area contributed by atoms with Gasteiger partial charge in [-0.2, -0.15) is 0 Å². The maximum atomic E-state index is 11.0. The third-order valence-electron chi connectivity index (χ3n) is 2.08. The summed E-state index contributed by atoms with van der Waals surface area (Å²) in [5.41, 5.74) is 2.16. The van der Waals surface area contributed by atoms with Gasteiger partial charge in [0.05, 0.1) is 0 Å². The molecule has 3 nitrogen and oxygen atoms in total. The summed E-state index contributed by atoms with van der Waals surface area (Å²) in [6, 6.07) is 8.00. The highest BCUT2D eigenvalue weighted by molar-refractivity contribution is 5.91. The van der Waals surface area contributed by atoms with E-state index >= 15 is 0 Å². The number of nitrogens with zero attached hydrogens (tertiary/aromatic N) is 1. The molecule has 1 amide bonds.